The van der Waals surface area contributed by atoms with Crippen molar-refractivity contribution in [3.8, 4) is 0 Å². The van der Waals surface area contributed by atoms with Crippen molar-refractivity contribution in [3.05, 3.63) is 41.2 Å². The molecular weight excluding hydrogens is 234 g/mol. The van der Waals surface area contributed by atoms with E-state index >= 15 is 0 Å². The zero-order chi connectivity index (χ0) is 12.3. The van der Waals surface area contributed by atoms with Crippen LogP contribution in [0.4, 0.5) is 5.13 Å². The standard InChI is InChI=1S/C12H13N3OS/c1-8(2)10-7-17-12(14-10)15-11(16)9-4-3-5-13-6-9/h3-8H,1-2H3,(H,14,15,16). The van der Waals surface area contributed by atoms with Crippen LogP contribution in [0.2, 0.25) is 0 Å². The van der Waals surface area contributed by atoms with E-state index in [2.05, 4.69) is 29.1 Å². The van der Waals surface area contributed by atoms with E-state index in [4.69, 9.17) is 0 Å². The summed E-state index contributed by atoms with van der Waals surface area (Å²) in [4.78, 5) is 20.1. The second-order valence-electron chi connectivity index (χ2n) is 3.93. The predicted molar refractivity (Wildman–Crippen MR) is 68.4 cm³/mol. The van der Waals surface area contributed by atoms with E-state index in [-0.39, 0.29) is 5.91 Å². The fourth-order valence-corrected chi connectivity index (χ4v) is 2.14. The number of nitrogens with zero attached hydrogens (tertiary/aromatic N) is 2. The van der Waals surface area contributed by atoms with Crippen LogP contribution in [0.15, 0.2) is 29.9 Å². The monoisotopic (exact) mass is 247 g/mol. The van der Waals surface area contributed by atoms with Gasteiger partial charge in [0, 0.05) is 17.8 Å². The summed E-state index contributed by atoms with van der Waals surface area (Å²) in [6, 6.07) is 3.45. The molecule has 0 bridgehead atoms. The Kier molecular flexibility index (Phi) is 3.49. The van der Waals surface area contributed by atoms with Gasteiger partial charge < -0.3 is 0 Å². The Morgan fingerprint density at radius 1 is 1.47 bits per heavy atom. The molecular formula is C12H13N3OS. The Morgan fingerprint density at radius 2 is 2.29 bits per heavy atom. The number of carbonyl (C=O) groups is 1. The molecule has 4 nitrogen and oxygen atoms in total. The summed E-state index contributed by atoms with van der Waals surface area (Å²) in [5.41, 5.74) is 1.53. The van der Waals surface area contributed by atoms with Crippen LogP contribution in [0.3, 0.4) is 0 Å². The first-order valence-corrected chi connectivity index (χ1v) is 6.21. The summed E-state index contributed by atoms with van der Waals surface area (Å²) in [6.45, 7) is 4.14. The molecule has 0 aromatic carbocycles. The minimum absolute atomic E-state index is 0.178. The van der Waals surface area contributed by atoms with Gasteiger partial charge in [0.1, 0.15) is 0 Å². The minimum atomic E-state index is -0.178. The van der Waals surface area contributed by atoms with Crippen LogP contribution in [0.25, 0.3) is 0 Å². The molecule has 0 atom stereocenters. The van der Waals surface area contributed by atoms with Gasteiger partial charge in [-0.2, -0.15) is 0 Å². The maximum atomic E-state index is 11.8. The van der Waals surface area contributed by atoms with Gasteiger partial charge in [-0.05, 0) is 18.1 Å². The lowest BCUT2D eigenvalue weighted by Gasteiger charge is -2.01. The molecule has 1 N–H and O–H groups in total. The first-order chi connectivity index (χ1) is 8.16. The van der Waals surface area contributed by atoms with E-state index in [0.717, 1.165) is 5.69 Å². The topological polar surface area (TPSA) is 54.9 Å². The van der Waals surface area contributed by atoms with Crippen molar-refractivity contribution in [2.24, 2.45) is 0 Å². The highest BCUT2D eigenvalue weighted by Gasteiger charge is 2.10. The van der Waals surface area contributed by atoms with Crippen molar-refractivity contribution >= 4 is 22.4 Å². The molecule has 0 saturated carbocycles. The number of aromatic nitrogens is 2. The summed E-state index contributed by atoms with van der Waals surface area (Å²) >= 11 is 1.44. The highest BCUT2D eigenvalue weighted by molar-refractivity contribution is 7.14. The Bertz CT molecular complexity index is 507. The molecule has 0 aliphatic heterocycles. The molecule has 0 saturated heterocycles. The fraction of sp³-hybridized carbons (Fsp3) is 0.250. The fourth-order valence-electron chi connectivity index (χ4n) is 1.28. The van der Waals surface area contributed by atoms with Gasteiger partial charge >= 0.3 is 0 Å². The van der Waals surface area contributed by atoms with Crippen molar-refractivity contribution in [1.29, 1.82) is 0 Å². The molecule has 88 valence electrons. The summed E-state index contributed by atoms with van der Waals surface area (Å²) in [6.07, 6.45) is 3.17. The minimum Gasteiger partial charge on any atom is -0.298 e. The van der Waals surface area contributed by atoms with E-state index in [1.54, 1.807) is 18.3 Å². The van der Waals surface area contributed by atoms with Crippen molar-refractivity contribution in [2.75, 3.05) is 5.32 Å². The number of hydrogen-bond donors (Lipinski definition) is 1. The van der Waals surface area contributed by atoms with E-state index < -0.39 is 0 Å². The molecule has 2 rings (SSSR count). The van der Waals surface area contributed by atoms with E-state index in [0.29, 0.717) is 16.6 Å². The van der Waals surface area contributed by atoms with Crippen molar-refractivity contribution in [3.63, 3.8) is 0 Å². The Morgan fingerprint density at radius 3 is 2.88 bits per heavy atom. The average molecular weight is 247 g/mol. The predicted octanol–water partition coefficient (Wildman–Crippen LogP) is 2.91. The lowest BCUT2D eigenvalue weighted by atomic mass is 10.2. The molecule has 2 heterocycles. The average Bonchev–Trinajstić information content (AvgIpc) is 2.79. The van der Waals surface area contributed by atoms with Crippen LogP contribution in [0.5, 0.6) is 0 Å². The van der Waals surface area contributed by atoms with Gasteiger partial charge in [-0.25, -0.2) is 4.98 Å². The molecule has 2 aromatic rings. The van der Waals surface area contributed by atoms with Gasteiger partial charge in [-0.1, -0.05) is 13.8 Å². The lowest BCUT2D eigenvalue weighted by molar-refractivity contribution is 0.102. The molecule has 0 aliphatic carbocycles. The lowest BCUT2D eigenvalue weighted by Crippen LogP contribution is -2.11. The molecule has 5 heteroatoms. The number of amides is 1. The molecule has 2 aromatic heterocycles. The van der Waals surface area contributed by atoms with Crippen molar-refractivity contribution in [2.45, 2.75) is 19.8 Å². The molecule has 0 fully saturated rings. The van der Waals surface area contributed by atoms with Gasteiger partial charge in [0.15, 0.2) is 5.13 Å². The van der Waals surface area contributed by atoms with Crippen LogP contribution < -0.4 is 5.32 Å². The summed E-state index contributed by atoms with van der Waals surface area (Å²) < 4.78 is 0. The molecule has 17 heavy (non-hydrogen) atoms. The van der Waals surface area contributed by atoms with E-state index in [1.165, 1.54) is 17.5 Å². The zero-order valence-electron chi connectivity index (χ0n) is 9.68. The van der Waals surface area contributed by atoms with E-state index in [9.17, 15) is 4.79 Å². The number of anilines is 1. The number of carbonyl (C=O) groups excluding carboxylic acids is 1. The number of hydrogen-bond acceptors (Lipinski definition) is 4. The quantitative estimate of drug-likeness (QED) is 0.907. The number of nitrogens with one attached hydrogen (secondary N) is 1. The number of thiazole rings is 1. The number of rotatable bonds is 3. The van der Waals surface area contributed by atoms with Crippen molar-refractivity contribution in [1.82, 2.24) is 9.97 Å². The smallest absolute Gasteiger partial charge is 0.259 e. The third-order valence-electron chi connectivity index (χ3n) is 2.26. The molecule has 0 spiro atoms. The maximum Gasteiger partial charge on any atom is 0.259 e. The second kappa shape index (κ2) is 5.05. The Labute approximate surface area is 104 Å². The summed E-state index contributed by atoms with van der Waals surface area (Å²) in [7, 11) is 0. The van der Waals surface area contributed by atoms with Gasteiger partial charge in [0.2, 0.25) is 0 Å². The first kappa shape index (κ1) is 11.7. The Balaban J connectivity index is 2.08. The molecule has 0 radical (unpaired) electrons. The van der Waals surface area contributed by atoms with Crippen molar-refractivity contribution < 1.29 is 4.79 Å². The van der Waals surface area contributed by atoms with Gasteiger partial charge in [0.25, 0.3) is 5.91 Å². The highest BCUT2D eigenvalue weighted by atomic mass is 32.1. The largest absolute Gasteiger partial charge is 0.298 e. The summed E-state index contributed by atoms with van der Waals surface area (Å²) in [5.74, 6) is 0.193. The first-order valence-electron chi connectivity index (χ1n) is 5.33. The normalized spacial score (nSPS) is 10.5. The zero-order valence-corrected chi connectivity index (χ0v) is 10.5. The Hall–Kier alpha value is -1.75. The molecule has 0 aliphatic rings. The van der Waals surface area contributed by atoms with Gasteiger partial charge in [-0.3, -0.25) is 15.1 Å². The second-order valence-corrected chi connectivity index (χ2v) is 4.79. The third-order valence-corrected chi connectivity index (χ3v) is 3.03. The third kappa shape index (κ3) is 2.88. The van der Waals surface area contributed by atoms with Crippen LogP contribution >= 0.6 is 11.3 Å². The van der Waals surface area contributed by atoms with Crippen LogP contribution in [0.1, 0.15) is 35.8 Å². The SMILES string of the molecule is CC(C)c1csc(NC(=O)c2cccnc2)n1. The summed E-state index contributed by atoms with van der Waals surface area (Å²) in [5, 5.41) is 5.35. The van der Waals surface area contributed by atoms with Crippen LogP contribution in [0, 0.1) is 0 Å². The number of pyridine rings is 1. The van der Waals surface area contributed by atoms with E-state index in [1.807, 2.05) is 5.38 Å². The van der Waals surface area contributed by atoms with Crippen LogP contribution in [-0.4, -0.2) is 15.9 Å². The van der Waals surface area contributed by atoms with Crippen LogP contribution in [-0.2, 0) is 0 Å². The van der Waals surface area contributed by atoms with Gasteiger partial charge in [-0.15, -0.1) is 11.3 Å². The maximum absolute atomic E-state index is 11.8. The highest BCUT2D eigenvalue weighted by Crippen LogP contribution is 2.21. The van der Waals surface area contributed by atoms with Gasteiger partial charge in [0.05, 0.1) is 11.3 Å². The molecule has 0 unspecified atom stereocenters. The molecule has 1 amide bonds.